The minimum Gasteiger partial charge on any atom is -0.479 e. The van der Waals surface area contributed by atoms with Crippen LogP contribution in [0.1, 0.15) is 0 Å². The van der Waals surface area contributed by atoms with E-state index in [-0.39, 0.29) is 5.75 Å². The third-order valence-corrected chi connectivity index (χ3v) is 2.89. The van der Waals surface area contributed by atoms with Crippen molar-refractivity contribution in [2.75, 3.05) is 18.5 Å². The van der Waals surface area contributed by atoms with E-state index in [4.69, 9.17) is 21.1 Å². The number of para-hydroxylation sites is 1. The fraction of sp³-hybridized carbons (Fsp3) is 0.125. The first-order valence-electron chi connectivity index (χ1n) is 6.63. The summed E-state index contributed by atoms with van der Waals surface area (Å²) < 4.78 is 23.0. The lowest BCUT2D eigenvalue weighted by Gasteiger charge is -2.08. The van der Waals surface area contributed by atoms with E-state index in [0.29, 0.717) is 10.7 Å². The topological polar surface area (TPSA) is 64.6 Å². The van der Waals surface area contributed by atoms with Gasteiger partial charge in [0, 0.05) is 10.7 Å². The molecule has 0 saturated carbocycles. The largest absolute Gasteiger partial charge is 0.479 e. The number of amides is 1. The van der Waals surface area contributed by atoms with Crippen LogP contribution in [0.2, 0.25) is 5.02 Å². The molecule has 120 valence electrons. The van der Waals surface area contributed by atoms with Crippen LogP contribution in [0.5, 0.6) is 5.75 Å². The van der Waals surface area contributed by atoms with Crippen LogP contribution < -0.4 is 10.1 Å². The number of esters is 1. The molecule has 1 N–H and O–H groups in total. The Morgan fingerprint density at radius 1 is 1.09 bits per heavy atom. The molecule has 0 bridgehead atoms. The molecule has 23 heavy (non-hydrogen) atoms. The summed E-state index contributed by atoms with van der Waals surface area (Å²) in [4.78, 5) is 23.1. The molecule has 2 aromatic rings. The molecule has 0 aliphatic heterocycles. The molecule has 2 aromatic carbocycles. The third-order valence-electron chi connectivity index (χ3n) is 2.65. The molecule has 0 radical (unpaired) electrons. The molecule has 0 aliphatic carbocycles. The van der Waals surface area contributed by atoms with Crippen LogP contribution in [0, 0.1) is 5.82 Å². The van der Waals surface area contributed by atoms with Crippen LogP contribution >= 0.6 is 11.6 Å². The molecule has 0 unspecified atom stereocenters. The van der Waals surface area contributed by atoms with Gasteiger partial charge in [0.05, 0.1) is 0 Å². The zero-order valence-electron chi connectivity index (χ0n) is 11.9. The van der Waals surface area contributed by atoms with Crippen molar-refractivity contribution in [1.82, 2.24) is 0 Å². The number of hydrogen-bond donors (Lipinski definition) is 1. The second kappa shape index (κ2) is 8.14. The van der Waals surface area contributed by atoms with Gasteiger partial charge in [-0.2, -0.15) is 0 Å². The lowest BCUT2D eigenvalue weighted by atomic mass is 10.3. The smallest absolute Gasteiger partial charge is 0.344 e. The van der Waals surface area contributed by atoms with Gasteiger partial charge in [-0.3, -0.25) is 4.79 Å². The maximum absolute atomic E-state index is 13.3. The van der Waals surface area contributed by atoms with Crippen molar-refractivity contribution in [1.29, 1.82) is 0 Å². The summed E-state index contributed by atoms with van der Waals surface area (Å²) in [5.74, 6) is -1.95. The number of benzene rings is 2. The van der Waals surface area contributed by atoms with Gasteiger partial charge in [-0.1, -0.05) is 29.8 Å². The summed E-state index contributed by atoms with van der Waals surface area (Å²) >= 11 is 5.78. The Morgan fingerprint density at radius 2 is 1.87 bits per heavy atom. The summed E-state index contributed by atoms with van der Waals surface area (Å²) in [5.41, 5.74) is 0.487. The minimum atomic E-state index is -0.783. The van der Waals surface area contributed by atoms with E-state index in [1.165, 1.54) is 18.2 Å². The van der Waals surface area contributed by atoms with Crippen molar-refractivity contribution in [3.05, 3.63) is 59.4 Å². The fourth-order valence-electron chi connectivity index (χ4n) is 1.65. The van der Waals surface area contributed by atoms with Gasteiger partial charge in [0.1, 0.15) is 0 Å². The lowest BCUT2D eigenvalue weighted by molar-refractivity contribution is -0.149. The zero-order chi connectivity index (χ0) is 16.7. The highest BCUT2D eigenvalue weighted by Crippen LogP contribution is 2.15. The lowest BCUT2D eigenvalue weighted by Crippen LogP contribution is -2.23. The quantitative estimate of drug-likeness (QED) is 0.823. The first-order valence-corrected chi connectivity index (χ1v) is 7.01. The Kier molecular flexibility index (Phi) is 5.94. The van der Waals surface area contributed by atoms with Crippen molar-refractivity contribution in [2.45, 2.75) is 0 Å². The third kappa shape index (κ3) is 5.60. The first kappa shape index (κ1) is 16.8. The van der Waals surface area contributed by atoms with Gasteiger partial charge in [0.2, 0.25) is 0 Å². The van der Waals surface area contributed by atoms with Crippen LogP contribution in [0.25, 0.3) is 0 Å². The van der Waals surface area contributed by atoms with Crippen LogP contribution in [0.15, 0.2) is 48.5 Å². The van der Waals surface area contributed by atoms with Gasteiger partial charge in [-0.15, -0.1) is 0 Å². The SMILES string of the molecule is O=C(COC(=O)COc1ccccc1F)Nc1cccc(Cl)c1. The molecule has 0 fully saturated rings. The Labute approximate surface area is 137 Å². The average Bonchev–Trinajstić information content (AvgIpc) is 2.52. The van der Waals surface area contributed by atoms with Gasteiger partial charge in [-0.05, 0) is 30.3 Å². The predicted octanol–water partition coefficient (Wildman–Crippen LogP) is 3.04. The van der Waals surface area contributed by atoms with Crippen LogP contribution in [0.4, 0.5) is 10.1 Å². The second-order valence-corrected chi connectivity index (χ2v) is 4.87. The number of anilines is 1. The van der Waals surface area contributed by atoms with Gasteiger partial charge < -0.3 is 14.8 Å². The number of hydrogen-bond acceptors (Lipinski definition) is 4. The summed E-state index contributed by atoms with van der Waals surface area (Å²) in [6.45, 7) is -0.975. The number of nitrogens with one attached hydrogen (secondary N) is 1. The van der Waals surface area contributed by atoms with Crippen molar-refractivity contribution in [3.8, 4) is 5.75 Å². The molecular weight excluding hydrogens is 325 g/mol. The van der Waals surface area contributed by atoms with E-state index >= 15 is 0 Å². The number of rotatable bonds is 6. The molecule has 0 saturated heterocycles. The molecule has 7 heteroatoms. The molecule has 1 amide bonds. The summed E-state index contributed by atoms with van der Waals surface area (Å²) in [5, 5.41) is 2.99. The van der Waals surface area contributed by atoms with Crippen molar-refractivity contribution < 1.29 is 23.5 Å². The second-order valence-electron chi connectivity index (χ2n) is 4.44. The maximum Gasteiger partial charge on any atom is 0.344 e. The molecule has 0 aromatic heterocycles. The normalized spacial score (nSPS) is 10.0. The molecule has 2 rings (SSSR count). The van der Waals surface area contributed by atoms with E-state index in [1.807, 2.05) is 0 Å². The van der Waals surface area contributed by atoms with E-state index in [2.05, 4.69) is 5.32 Å². The Morgan fingerprint density at radius 3 is 2.61 bits per heavy atom. The maximum atomic E-state index is 13.3. The summed E-state index contributed by atoms with van der Waals surface area (Å²) in [7, 11) is 0. The van der Waals surface area contributed by atoms with E-state index in [0.717, 1.165) is 0 Å². The van der Waals surface area contributed by atoms with Crippen molar-refractivity contribution in [2.24, 2.45) is 0 Å². The fourth-order valence-corrected chi connectivity index (χ4v) is 1.84. The molecule has 0 spiro atoms. The zero-order valence-corrected chi connectivity index (χ0v) is 12.7. The molecule has 5 nitrogen and oxygen atoms in total. The molecular formula is C16H13ClFNO4. The number of carbonyl (C=O) groups excluding carboxylic acids is 2. The van der Waals surface area contributed by atoms with E-state index < -0.39 is 30.9 Å². The van der Waals surface area contributed by atoms with Crippen LogP contribution in [-0.2, 0) is 14.3 Å². The van der Waals surface area contributed by atoms with Gasteiger partial charge in [-0.25, -0.2) is 9.18 Å². The molecule has 0 atom stereocenters. The highest BCUT2D eigenvalue weighted by Gasteiger charge is 2.10. The van der Waals surface area contributed by atoms with Gasteiger partial charge >= 0.3 is 5.97 Å². The molecule has 0 heterocycles. The monoisotopic (exact) mass is 337 g/mol. The Bertz CT molecular complexity index is 708. The highest BCUT2D eigenvalue weighted by atomic mass is 35.5. The van der Waals surface area contributed by atoms with Crippen LogP contribution in [-0.4, -0.2) is 25.1 Å². The number of ether oxygens (including phenoxy) is 2. The number of carbonyl (C=O) groups is 2. The predicted molar refractivity (Wildman–Crippen MR) is 82.9 cm³/mol. The van der Waals surface area contributed by atoms with Crippen LogP contribution in [0.3, 0.4) is 0 Å². The van der Waals surface area contributed by atoms with E-state index in [1.54, 1.807) is 30.3 Å². The molecule has 0 aliphatic rings. The van der Waals surface area contributed by atoms with E-state index in [9.17, 15) is 14.0 Å². The van der Waals surface area contributed by atoms with Crippen molar-refractivity contribution in [3.63, 3.8) is 0 Å². The van der Waals surface area contributed by atoms with Gasteiger partial charge in [0.25, 0.3) is 5.91 Å². The first-order chi connectivity index (χ1) is 11.0. The minimum absolute atomic E-state index is 0.0622. The summed E-state index contributed by atoms with van der Waals surface area (Å²) in [6, 6.07) is 12.2. The summed E-state index contributed by atoms with van der Waals surface area (Å²) in [6.07, 6.45) is 0. The number of halogens is 2. The average molecular weight is 338 g/mol. The van der Waals surface area contributed by atoms with Gasteiger partial charge in [0.15, 0.2) is 24.8 Å². The Balaban J connectivity index is 1.74. The highest BCUT2D eigenvalue weighted by molar-refractivity contribution is 6.30. The van der Waals surface area contributed by atoms with Crippen molar-refractivity contribution >= 4 is 29.2 Å². The standard InChI is InChI=1S/C16H13ClFNO4/c17-11-4-3-5-12(8-11)19-15(20)9-23-16(21)10-22-14-7-2-1-6-13(14)18/h1-8H,9-10H2,(H,19,20). The Hall–Kier alpha value is -2.60.